The maximum absolute atomic E-state index is 13.0. The van der Waals surface area contributed by atoms with Crippen molar-refractivity contribution in [3.8, 4) is 0 Å². The van der Waals surface area contributed by atoms with Gasteiger partial charge in [-0.3, -0.25) is 19.6 Å². The minimum atomic E-state index is -0.382. The number of aromatic nitrogens is 3. The zero-order valence-electron chi connectivity index (χ0n) is 18.4. The zero-order valence-corrected chi connectivity index (χ0v) is 19.2. The van der Waals surface area contributed by atoms with Gasteiger partial charge < -0.3 is 9.88 Å². The van der Waals surface area contributed by atoms with Crippen LogP contribution in [0, 0.1) is 5.92 Å². The smallest absolute Gasteiger partial charge is 0.261 e. The second-order valence-corrected chi connectivity index (χ2v) is 9.74. The number of aromatic amines is 1. The Bertz CT molecular complexity index is 1420. The van der Waals surface area contributed by atoms with Gasteiger partial charge in [0.05, 0.1) is 26.9 Å². The third kappa shape index (κ3) is 3.32. The lowest BCUT2D eigenvalue weighted by molar-refractivity contribution is -0.122. The van der Waals surface area contributed by atoms with Gasteiger partial charge in [-0.15, -0.1) is 11.3 Å². The molecule has 1 saturated heterocycles. The number of carbonyl (C=O) groups excluding carboxylic acids is 2. The number of piperidine rings is 1. The van der Waals surface area contributed by atoms with Gasteiger partial charge in [-0.05, 0) is 55.9 Å². The number of imide groups is 1. The second kappa shape index (κ2) is 7.97. The van der Waals surface area contributed by atoms with Crippen molar-refractivity contribution in [3.63, 3.8) is 0 Å². The maximum atomic E-state index is 13.0. The highest BCUT2D eigenvalue weighted by molar-refractivity contribution is 7.17. The number of H-pyrrole nitrogens is 1. The molecular weight excluding hydrogens is 434 g/mol. The van der Waals surface area contributed by atoms with E-state index in [4.69, 9.17) is 5.10 Å². The van der Waals surface area contributed by atoms with Crippen molar-refractivity contribution in [2.75, 3.05) is 19.6 Å². The first-order valence-electron chi connectivity index (χ1n) is 11.5. The average molecular weight is 460 g/mol. The highest BCUT2D eigenvalue weighted by atomic mass is 32.1. The third-order valence-corrected chi connectivity index (χ3v) is 7.91. The Morgan fingerprint density at radius 3 is 2.70 bits per heavy atom. The fraction of sp³-hybridized carbons (Fsp3) is 0.320. The molecule has 0 unspecified atom stereocenters. The van der Waals surface area contributed by atoms with E-state index in [0.717, 1.165) is 65.7 Å². The van der Waals surface area contributed by atoms with Gasteiger partial charge in [0.2, 0.25) is 0 Å². The highest BCUT2D eigenvalue weighted by Crippen LogP contribution is 2.38. The number of benzene rings is 1. The predicted octanol–water partition coefficient (Wildman–Crippen LogP) is 3.88. The molecule has 2 amide bonds. The average Bonchev–Trinajstić information content (AvgIpc) is 3.58. The number of likely N-dealkylation sites (tertiary alicyclic amines) is 1. The molecule has 0 bridgehead atoms. The number of nitrogens with zero attached hydrogens (tertiary/aromatic N) is 3. The molecule has 2 N–H and O–H groups in total. The summed E-state index contributed by atoms with van der Waals surface area (Å²) in [5.41, 5.74) is 4.07. The van der Waals surface area contributed by atoms with E-state index in [0.29, 0.717) is 22.8 Å². The number of hydrogen-bond acceptors (Lipinski definition) is 5. The van der Waals surface area contributed by atoms with Crippen LogP contribution in [0.2, 0.25) is 0 Å². The standard InChI is InChI=1S/C25H25N5O2S/c1-2-29-10-7-15(8-11-29)14-30-19-6-4-3-5-16(19)22(28-30)21-20(24(31)27-25(21)32)17-13-26-18-9-12-33-23(17)18/h3-6,9,12-13,15,26H,2,7-8,10-11,14H2,1H3,(H,27,31,32). The Labute approximate surface area is 195 Å². The van der Waals surface area contributed by atoms with Crippen molar-refractivity contribution in [1.29, 1.82) is 0 Å². The molecule has 0 spiro atoms. The molecular formula is C25H25N5O2S. The number of hydrogen-bond donors (Lipinski definition) is 2. The molecule has 7 nitrogen and oxygen atoms in total. The Morgan fingerprint density at radius 1 is 1.09 bits per heavy atom. The van der Waals surface area contributed by atoms with Crippen LogP contribution in [-0.4, -0.2) is 51.1 Å². The van der Waals surface area contributed by atoms with E-state index in [1.165, 1.54) is 0 Å². The molecule has 5 heterocycles. The molecule has 1 fully saturated rings. The Balaban J connectivity index is 1.47. The monoisotopic (exact) mass is 459 g/mol. The van der Waals surface area contributed by atoms with Crippen LogP contribution >= 0.6 is 11.3 Å². The van der Waals surface area contributed by atoms with Crippen LogP contribution in [-0.2, 0) is 16.1 Å². The van der Waals surface area contributed by atoms with Crippen molar-refractivity contribution in [2.45, 2.75) is 26.3 Å². The lowest BCUT2D eigenvalue weighted by Gasteiger charge is -2.31. The van der Waals surface area contributed by atoms with E-state index in [1.54, 1.807) is 11.3 Å². The highest BCUT2D eigenvalue weighted by Gasteiger charge is 2.36. The van der Waals surface area contributed by atoms with Gasteiger partial charge in [0.15, 0.2) is 0 Å². The van der Waals surface area contributed by atoms with Crippen molar-refractivity contribution >= 4 is 55.4 Å². The van der Waals surface area contributed by atoms with E-state index >= 15 is 0 Å². The first-order valence-corrected chi connectivity index (χ1v) is 12.3. The van der Waals surface area contributed by atoms with Crippen molar-refractivity contribution in [1.82, 2.24) is 25.0 Å². The number of amides is 2. The van der Waals surface area contributed by atoms with Crippen molar-refractivity contribution in [3.05, 3.63) is 53.2 Å². The SMILES string of the molecule is CCN1CCC(Cn2nc(C3=C(c4c[nH]c5ccsc45)C(=O)NC3=O)c3ccccc32)CC1. The van der Waals surface area contributed by atoms with Crippen LogP contribution in [0.5, 0.6) is 0 Å². The Morgan fingerprint density at radius 2 is 1.88 bits per heavy atom. The van der Waals surface area contributed by atoms with Gasteiger partial charge in [0.1, 0.15) is 5.69 Å². The first kappa shape index (κ1) is 20.4. The molecule has 4 aromatic rings. The van der Waals surface area contributed by atoms with E-state index in [-0.39, 0.29) is 11.8 Å². The molecule has 168 valence electrons. The van der Waals surface area contributed by atoms with Gasteiger partial charge in [0, 0.05) is 23.7 Å². The molecule has 8 heteroatoms. The van der Waals surface area contributed by atoms with Crippen molar-refractivity contribution in [2.24, 2.45) is 5.92 Å². The molecule has 0 aliphatic carbocycles. The van der Waals surface area contributed by atoms with Crippen LogP contribution in [0.1, 0.15) is 31.0 Å². The van der Waals surface area contributed by atoms with Gasteiger partial charge in [-0.2, -0.15) is 5.10 Å². The van der Waals surface area contributed by atoms with Gasteiger partial charge >= 0.3 is 0 Å². The Kier molecular flexibility index (Phi) is 4.92. The van der Waals surface area contributed by atoms with Crippen LogP contribution in [0.15, 0.2) is 41.9 Å². The van der Waals surface area contributed by atoms with Crippen LogP contribution in [0.4, 0.5) is 0 Å². The fourth-order valence-electron chi connectivity index (χ4n) is 5.15. The quantitative estimate of drug-likeness (QED) is 0.444. The second-order valence-electron chi connectivity index (χ2n) is 8.82. The molecule has 1 aromatic carbocycles. The fourth-order valence-corrected chi connectivity index (χ4v) is 6.03. The molecule has 33 heavy (non-hydrogen) atoms. The summed E-state index contributed by atoms with van der Waals surface area (Å²) >= 11 is 1.56. The summed E-state index contributed by atoms with van der Waals surface area (Å²) in [6.45, 7) is 6.35. The summed E-state index contributed by atoms with van der Waals surface area (Å²) in [6, 6.07) is 9.98. The number of nitrogens with one attached hydrogen (secondary N) is 2. The number of carbonyl (C=O) groups is 2. The minimum absolute atomic E-state index is 0.366. The summed E-state index contributed by atoms with van der Waals surface area (Å²) in [6.07, 6.45) is 4.10. The molecule has 2 aliphatic rings. The largest absolute Gasteiger partial charge is 0.360 e. The number of thiophene rings is 1. The molecule has 0 radical (unpaired) electrons. The maximum Gasteiger partial charge on any atom is 0.261 e. The molecule has 0 atom stereocenters. The summed E-state index contributed by atoms with van der Waals surface area (Å²) in [4.78, 5) is 31.6. The number of para-hydroxylation sites is 1. The summed E-state index contributed by atoms with van der Waals surface area (Å²) in [7, 11) is 0. The van der Waals surface area contributed by atoms with E-state index in [1.807, 2.05) is 40.5 Å². The molecule has 3 aromatic heterocycles. The topological polar surface area (TPSA) is 83.0 Å². The van der Waals surface area contributed by atoms with Crippen LogP contribution in [0.25, 0.3) is 32.3 Å². The predicted molar refractivity (Wildman–Crippen MR) is 131 cm³/mol. The molecule has 0 saturated carbocycles. The Hall–Kier alpha value is -3.23. The summed E-state index contributed by atoms with van der Waals surface area (Å²) in [5.74, 6) is -0.200. The third-order valence-electron chi connectivity index (χ3n) is 6.96. The molecule has 6 rings (SSSR count). The van der Waals surface area contributed by atoms with Crippen LogP contribution in [0.3, 0.4) is 0 Å². The first-order chi connectivity index (χ1) is 16.1. The van der Waals surface area contributed by atoms with Crippen molar-refractivity contribution < 1.29 is 9.59 Å². The number of fused-ring (bicyclic) bond motifs is 2. The zero-order chi connectivity index (χ0) is 22.5. The van der Waals surface area contributed by atoms with Gasteiger partial charge in [-0.1, -0.05) is 25.1 Å². The lowest BCUT2D eigenvalue weighted by Crippen LogP contribution is -2.34. The number of rotatable bonds is 5. The minimum Gasteiger partial charge on any atom is -0.360 e. The summed E-state index contributed by atoms with van der Waals surface area (Å²) < 4.78 is 3.01. The van der Waals surface area contributed by atoms with Crippen LogP contribution < -0.4 is 5.32 Å². The lowest BCUT2D eigenvalue weighted by atomic mass is 9.97. The van der Waals surface area contributed by atoms with Gasteiger partial charge in [-0.25, -0.2) is 0 Å². The van der Waals surface area contributed by atoms with E-state index < -0.39 is 0 Å². The normalized spacial score (nSPS) is 18.2. The molecule has 2 aliphatic heterocycles. The van der Waals surface area contributed by atoms with E-state index in [2.05, 4.69) is 28.2 Å². The summed E-state index contributed by atoms with van der Waals surface area (Å²) in [5, 5.41) is 10.3. The van der Waals surface area contributed by atoms with E-state index in [9.17, 15) is 9.59 Å². The van der Waals surface area contributed by atoms with Gasteiger partial charge in [0.25, 0.3) is 11.8 Å².